The van der Waals surface area contributed by atoms with Gasteiger partial charge in [0.15, 0.2) is 14.9 Å². The number of para-hydroxylation sites is 1. The number of nitro groups is 1. The molecule has 0 bridgehead atoms. The van der Waals surface area contributed by atoms with Crippen LogP contribution in [0.5, 0.6) is 5.75 Å². The molecule has 0 aliphatic carbocycles. The Morgan fingerprint density at radius 2 is 1.75 bits per heavy atom. The lowest BCUT2D eigenvalue weighted by Crippen LogP contribution is -2.37. The van der Waals surface area contributed by atoms with E-state index in [-0.39, 0.29) is 23.2 Å². The quantitative estimate of drug-likeness (QED) is 0.424. The fraction of sp³-hybridized carbons (Fsp3) is 0.278. The monoisotopic (exact) mass is 419 g/mol. The van der Waals surface area contributed by atoms with E-state index in [0.29, 0.717) is 16.5 Å². The number of benzene rings is 2. The van der Waals surface area contributed by atoms with E-state index < -0.39 is 20.8 Å². The van der Waals surface area contributed by atoms with Gasteiger partial charge < -0.3 is 14.5 Å². The van der Waals surface area contributed by atoms with E-state index in [4.69, 9.17) is 17.0 Å². The van der Waals surface area contributed by atoms with Gasteiger partial charge in [-0.1, -0.05) is 18.2 Å². The van der Waals surface area contributed by atoms with Gasteiger partial charge in [0.1, 0.15) is 5.75 Å². The molecule has 2 aliphatic heterocycles. The van der Waals surface area contributed by atoms with Crippen LogP contribution >= 0.6 is 12.2 Å². The van der Waals surface area contributed by atoms with E-state index >= 15 is 0 Å². The Bertz CT molecular complexity index is 1060. The lowest BCUT2D eigenvalue weighted by atomic mass is 10.1. The zero-order chi connectivity index (χ0) is 20.1. The van der Waals surface area contributed by atoms with Crippen molar-refractivity contribution in [3.8, 4) is 5.75 Å². The van der Waals surface area contributed by atoms with Crippen molar-refractivity contribution in [2.75, 3.05) is 28.4 Å². The van der Waals surface area contributed by atoms with Crippen molar-refractivity contribution in [3.05, 3.63) is 58.6 Å². The van der Waals surface area contributed by atoms with E-state index in [1.807, 2.05) is 35.2 Å². The molecule has 0 unspecified atom stereocenters. The smallest absolute Gasteiger partial charge is 0.271 e. The molecule has 8 nitrogen and oxygen atoms in total. The van der Waals surface area contributed by atoms with Crippen molar-refractivity contribution in [2.24, 2.45) is 0 Å². The highest BCUT2D eigenvalue weighted by atomic mass is 32.2. The number of methoxy groups -OCH3 is 1. The first-order valence-electron chi connectivity index (χ1n) is 8.53. The third-order valence-electron chi connectivity index (χ3n) is 5.04. The number of rotatable bonds is 4. The van der Waals surface area contributed by atoms with Gasteiger partial charge in [-0.15, -0.1) is 0 Å². The lowest BCUT2D eigenvalue weighted by Gasteiger charge is -2.26. The number of thiocarbonyl (C=S) groups is 1. The first-order valence-corrected chi connectivity index (χ1v) is 10.8. The van der Waals surface area contributed by atoms with Crippen molar-refractivity contribution in [2.45, 2.75) is 12.1 Å². The molecule has 10 heteroatoms. The van der Waals surface area contributed by atoms with Gasteiger partial charge in [0.05, 0.1) is 41.3 Å². The third-order valence-corrected chi connectivity index (χ3v) is 7.13. The molecular formula is C18H17N3O5S2. The molecule has 2 fully saturated rings. The first kappa shape index (κ1) is 18.6. The average Bonchev–Trinajstić information content (AvgIpc) is 3.10. The predicted octanol–water partition coefficient (Wildman–Crippen LogP) is 2.38. The minimum atomic E-state index is -3.27. The molecule has 4 rings (SSSR count). The summed E-state index contributed by atoms with van der Waals surface area (Å²) in [5.74, 6) is 0.291. The maximum Gasteiger partial charge on any atom is 0.271 e. The second kappa shape index (κ2) is 6.71. The highest BCUT2D eigenvalue weighted by molar-refractivity contribution is 7.91. The second-order valence-electron chi connectivity index (χ2n) is 6.68. The fourth-order valence-corrected chi connectivity index (χ4v) is 6.25. The number of hydrogen-bond acceptors (Lipinski definition) is 6. The molecule has 0 spiro atoms. The van der Waals surface area contributed by atoms with Gasteiger partial charge in [-0.2, -0.15) is 0 Å². The zero-order valence-electron chi connectivity index (χ0n) is 14.9. The van der Waals surface area contributed by atoms with Crippen molar-refractivity contribution in [3.63, 3.8) is 0 Å². The molecule has 2 aromatic rings. The van der Waals surface area contributed by atoms with Gasteiger partial charge in [-0.3, -0.25) is 10.1 Å². The van der Waals surface area contributed by atoms with Crippen LogP contribution in [0.1, 0.15) is 0 Å². The number of ether oxygens (including phenoxy) is 1. The first-order chi connectivity index (χ1) is 13.3. The third kappa shape index (κ3) is 2.98. The van der Waals surface area contributed by atoms with Crippen LogP contribution in [-0.2, 0) is 9.84 Å². The van der Waals surface area contributed by atoms with Crippen LogP contribution in [0.25, 0.3) is 0 Å². The fourth-order valence-electron chi connectivity index (χ4n) is 3.86. The van der Waals surface area contributed by atoms with Crippen LogP contribution in [0, 0.1) is 10.1 Å². The summed E-state index contributed by atoms with van der Waals surface area (Å²) in [6.07, 6.45) is 0. The Morgan fingerprint density at radius 3 is 2.36 bits per heavy atom. The van der Waals surface area contributed by atoms with Crippen LogP contribution in [0.4, 0.5) is 17.1 Å². The Kier molecular flexibility index (Phi) is 4.47. The predicted molar refractivity (Wildman–Crippen MR) is 110 cm³/mol. The van der Waals surface area contributed by atoms with Gasteiger partial charge in [0.25, 0.3) is 5.69 Å². The molecule has 2 saturated heterocycles. The maximum absolute atomic E-state index is 12.4. The topological polar surface area (TPSA) is 93.0 Å². The maximum atomic E-state index is 12.4. The summed E-state index contributed by atoms with van der Waals surface area (Å²) in [4.78, 5) is 14.3. The Hall–Kier alpha value is -2.72. The molecule has 0 aromatic heterocycles. The largest absolute Gasteiger partial charge is 0.495 e. The number of nitro benzene ring substituents is 1. The molecule has 0 saturated carbocycles. The summed E-state index contributed by atoms with van der Waals surface area (Å²) >= 11 is 5.70. The normalized spacial score (nSPS) is 23.0. The number of sulfone groups is 1. The van der Waals surface area contributed by atoms with Crippen molar-refractivity contribution in [1.82, 2.24) is 0 Å². The molecule has 2 heterocycles. The number of hydrogen-bond donors (Lipinski definition) is 0. The Morgan fingerprint density at radius 1 is 1.11 bits per heavy atom. The SMILES string of the molecule is COc1ccc([N+](=O)[O-])cc1N1C(=S)N(c2ccccc2)[C@H]2CS(=O)(=O)C[C@@H]21. The van der Waals surface area contributed by atoms with Gasteiger partial charge in [0, 0.05) is 17.8 Å². The van der Waals surface area contributed by atoms with Gasteiger partial charge in [-0.25, -0.2) is 8.42 Å². The van der Waals surface area contributed by atoms with Crippen molar-refractivity contribution in [1.29, 1.82) is 0 Å². The summed E-state index contributed by atoms with van der Waals surface area (Å²) in [6.45, 7) is 0. The molecule has 2 aliphatic rings. The molecule has 0 radical (unpaired) electrons. The van der Waals surface area contributed by atoms with Crippen LogP contribution < -0.4 is 14.5 Å². The summed E-state index contributed by atoms with van der Waals surface area (Å²) < 4.78 is 30.2. The standard InChI is InChI=1S/C18H17N3O5S2/c1-26-17-8-7-13(21(22)23)9-14(17)20-16-11-28(24,25)10-15(16)19(18(20)27)12-5-3-2-4-6-12/h2-9,15-16H,10-11H2,1H3/t15-,16-/m0/s1. The molecule has 0 N–H and O–H groups in total. The minimum Gasteiger partial charge on any atom is -0.495 e. The summed E-state index contributed by atoms with van der Waals surface area (Å²) in [6, 6.07) is 12.7. The van der Waals surface area contributed by atoms with Crippen LogP contribution in [0.15, 0.2) is 48.5 Å². The van der Waals surface area contributed by atoms with Crippen molar-refractivity contribution >= 4 is 44.2 Å². The van der Waals surface area contributed by atoms with E-state index in [9.17, 15) is 18.5 Å². The minimum absolute atomic E-state index is 0.0273. The Labute approximate surface area is 167 Å². The highest BCUT2D eigenvalue weighted by Crippen LogP contribution is 2.42. The van der Waals surface area contributed by atoms with Gasteiger partial charge >= 0.3 is 0 Å². The number of fused-ring (bicyclic) bond motifs is 1. The summed E-state index contributed by atoms with van der Waals surface area (Å²) in [7, 11) is -1.81. The summed E-state index contributed by atoms with van der Waals surface area (Å²) in [5, 5.41) is 11.7. The van der Waals surface area contributed by atoms with E-state index in [1.165, 1.54) is 25.3 Å². The van der Waals surface area contributed by atoms with Gasteiger partial charge in [0.2, 0.25) is 0 Å². The zero-order valence-corrected chi connectivity index (χ0v) is 16.5. The molecule has 28 heavy (non-hydrogen) atoms. The van der Waals surface area contributed by atoms with Crippen LogP contribution in [-0.4, -0.2) is 49.2 Å². The van der Waals surface area contributed by atoms with Crippen molar-refractivity contribution < 1.29 is 18.1 Å². The van der Waals surface area contributed by atoms with E-state index in [1.54, 1.807) is 4.90 Å². The second-order valence-corrected chi connectivity index (χ2v) is 9.20. The van der Waals surface area contributed by atoms with Crippen LogP contribution in [0.3, 0.4) is 0 Å². The molecule has 2 atom stereocenters. The lowest BCUT2D eigenvalue weighted by molar-refractivity contribution is -0.384. The Balaban J connectivity index is 1.86. The van der Waals surface area contributed by atoms with E-state index in [0.717, 1.165) is 5.69 Å². The molecule has 146 valence electrons. The van der Waals surface area contributed by atoms with Gasteiger partial charge in [-0.05, 0) is 30.4 Å². The summed E-state index contributed by atoms with van der Waals surface area (Å²) in [5.41, 5.74) is 1.06. The number of nitrogens with zero attached hydrogens (tertiary/aromatic N) is 3. The number of anilines is 2. The van der Waals surface area contributed by atoms with E-state index in [2.05, 4.69) is 0 Å². The highest BCUT2D eigenvalue weighted by Gasteiger charge is 2.53. The van der Waals surface area contributed by atoms with Crippen LogP contribution in [0.2, 0.25) is 0 Å². The average molecular weight is 419 g/mol. The molecule has 0 amide bonds. The molecule has 2 aromatic carbocycles. The molecular weight excluding hydrogens is 402 g/mol. The number of non-ortho nitro benzene ring substituents is 1.